The summed E-state index contributed by atoms with van der Waals surface area (Å²) in [6.45, 7) is 4.46. The largest absolute Gasteiger partial charge is 0.380 e. The van der Waals surface area contributed by atoms with Crippen LogP contribution in [0.3, 0.4) is 0 Å². The van der Waals surface area contributed by atoms with E-state index in [1.54, 1.807) is 6.07 Å². The Hall–Kier alpha value is -1.71. The van der Waals surface area contributed by atoms with Crippen LogP contribution in [0.15, 0.2) is 12.1 Å². The number of rotatable bonds is 3. The zero-order valence-corrected chi connectivity index (χ0v) is 10.8. The first kappa shape index (κ1) is 13.7. The van der Waals surface area contributed by atoms with Crippen LogP contribution in [-0.2, 0) is 0 Å². The molecule has 3 N–H and O–H groups in total. The van der Waals surface area contributed by atoms with Crippen molar-refractivity contribution in [2.75, 3.05) is 11.9 Å². The molecule has 0 spiro atoms. The van der Waals surface area contributed by atoms with Crippen LogP contribution >= 0.6 is 0 Å². The Labute approximate surface area is 110 Å². The fourth-order valence-corrected chi connectivity index (χ4v) is 2.29. The summed E-state index contributed by atoms with van der Waals surface area (Å²) >= 11 is 0. The van der Waals surface area contributed by atoms with Gasteiger partial charge in [-0.3, -0.25) is 10.9 Å². The molecule has 1 heterocycles. The maximum absolute atomic E-state index is 13.7. The molecule has 0 bridgehead atoms. The van der Waals surface area contributed by atoms with Crippen molar-refractivity contribution in [2.45, 2.75) is 25.9 Å². The smallest absolute Gasteiger partial charge is 0.150 e. The number of nitriles is 1. The molecule has 6 heteroatoms. The number of hydrazine groups is 1. The highest BCUT2D eigenvalue weighted by Crippen LogP contribution is 2.22. The van der Waals surface area contributed by atoms with Crippen molar-refractivity contribution in [3.05, 3.63) is 29.3 Å². The van der Waals surface area contributed by atoms with Gasteiger partial charge in [-0.25, -0.2) is 8.78 Å². The third-order valence-corrected chi connectivity index (χ3v) is 3.51. The van der Waals surface area contributed by atoms with Crippen LogP contribution in [0.2, 0.25) is 0 Å². The first-order chi connectivity index (χ1) is 9.02. The standard InChI is InChI=1S/C13H16F2N4/c1-7-10(8(2)19-18-7)6-17-13-11(14)3-9(5-16)4-12(13)15/h3-4,7-8,10,17-19H,6H2,1-2H3. The van der Waals surface area contributed by atoms with Gasteiger partial charge in [-0.15, -0.1) is 0 Å². The molecule has 1 saturated heterocycles. The number of nitrogens with one attached hydrogen (secondary N) is 3. The second kappa shape index (κ2) is 5.51. The van der Waals surface area contributed by atoms with E-state index in [1.165, 1.54) is 0 Å². The van der Waals surface area contributed by atoms with E-state index < -0.39 is 11.6 Å². The Balaban J connectivity index is 2.10. The van der Waals surface area contributed by atoms with Crippen LogP contribution in [0.25, 0.3) is 0 Å². The average Bonchev–Trinajstić information content (AvgIpc) is 2.68. The molecule has 2 rings (SSSR count). The highest BCUT2D eigenvalue weighted by atomic mass is 19.1. The zero-order chi connectivity index (χ0) is 14.0. The highest BCUT2D eigenvalue weighted by molar-refractivity contribution is 5.50. The van der Waals surface area contributed by atoms with Gasteiger partial charge in [0.15, 0.2) is 11.6 Å². The minimum absolute atomic E-state index is 0.0218. The van der Waals surface area contributed by atoms with Crippen LogP contribution in [0.1, 0.15) is 19.4 Å². The summed E-state index contributed by atoms with van der Waals surface area (Å²) in [5.41, 5.74) is 5.97. The molecule has 0 amide bonds. The second-order valence-electron chi connectivity index (χ2n) is 4.84. The summed E-state index contributed by atoms with van der Waals surface area (Å²) in [5, 5.41) is 11.4. The Morgan fingerprint density at radius 3 is 2.21 bits per heavy atom. The lowest BCUT2D eigenvalue weighted by Crippen LogP contribution is -2.30. The normalized spacial score (nSPS) is 26.2. The van der Waals surface area contributed by atoms with Crippen molar-refractivity contribution in [3.8, 4) is 6.07 Å². The molecule has 0 aromatic heterocycles. The van der Waals surface area contributed by atoms with Gasteiger partial charge in [0.25, 0.3) is 0 Å². The average molecular weight is 266 g/mol. The topological polar surface area (TPSA) is 59.9 Å². The van der Waals surface area contributed by atoms with E-state index in [4.69, 9.17) is 5.26 Å². The van der Waals surface area contributed by atoms with Crippen LogP contribution < -0.4 is 16.2 Å². The van der Waals surface area contributed by atoms with Gasteiger partial charge >= 0.3 is 0 Å². The van der Waals surface area contributed by atoms with Crippen molar-refractivity contribution in [2.24, 2.45) is 5.92 Å². The Morgan fingerprint density at radius 1 is 1.21 bits per heavy atom. The van der Waals surface area contributed by atoms with Crippen molar-refractivity contribution in [1.29, 1.82) is 5.26 Å². The number of benzene rings is 1. The SMILES string of the molecule is CC1NNC(C)C1CNc1c(F)cc(C#N)cc1F. The molecule has 4 nitrogen and oxygen atoms in total. The van der Waals surface area contributed by atoms with Crippen molar-refractivity contribution < 1.29 is 8.78 Å². The quantitative estimate of drug-likeness (QED) is 0.780. The summed E-state index contributed by atoms with van der Waals surface area (Å²) in [4.78, 5) is 0. The first-order valence-corrected chi connectivity index (χ1v) is 6.17. The summed E-state index contributed by atoms with van der Waals surface area (Å²) in [6.07, 6.45) is 0. The van der Waals surface area contributed by atoms with Crippen molar-refractivity contribution in [3.63, 3.8) is 0 Å². The predicted octanol–water partition coefficient (Wildman–Crippen LogP) is 1.75. The molecule has 1 aliphatic rings. The molecule has 1 fully saturated rings. The summed E-state index contributed by atoms with van der Waals surface area (Å²) in [6, 6.07) is 4.21. The minimum atomic E-state index is -0.740. The van der Waals surface area contributed by atoms with Crippen molar-refractivity contribution >= 4 is 5.69 Å². The second-order valence-corrected chi connectivity index (χ2v) is 4.84. The predicted molar refractivity (Wildman–Crippen MR) is 68.2 cm³/mol. The van der Waals surface area contributed by atoms with E-state index in [0.717, 1.165) is 12.1 Å². The van der Waals surface area contributed by atoms with Crippen LogP contribution in [0.4, 0.5) is 14.5 Å². The molecule has 0 radical (unpaired) electrons. The fraction of sp³-hybridized carbons (Fsp3) is 0.462. The number of hydrogen-bond acceptors (Lipinski definition) is 4. The van der Waals surface area contributed by atoms with E-state index in [9.17, 15) is 8.78 Å². The van der Waals surface area contributed by atoms with E-state index in [-0.39, 0.29) is 29.3 Å². The van der Waals surface area contributed by atoms with Gasteiger partial charge in [-0.2, -0.15) is 5.26 Å². The molecular formula is C13H16F2N4. The monoisotopic (exact) mass is 266 g/mol. The molecule has 1 aromatic carbocycles. The van der Waals surface area contributed by atoms with E-state index in [0.29, 0.717) is 6.54 Å². The maximum Gasteiger partial charge on any atom is 0.150 e. The molecule has 2 unspecified atom stereocenters. The number of halogens is 2. The zero-order valence-electron chi connectivity index (χ0n) is 10.8. The lowest BCUT2D eigenvalue weighted by Gasteiger charge is -2.19. The molecule has 0 aliphatic carbocycles. The third-order valence-electron chi connectivity index (χ3n) is 3.51. The van der Waals surface area contributed by atoms with Gasteiger partial charge in [-0.05, 0) is 26.0 Å². The Morgan fingerprint density at radius 2 is 1.74 bits per heavy atom. The number of hydrogen-bond donors (Lipinski definition) is 3. The molecule has 102 valence electrons. The van der Waals surface area contributed by atoms with Gasteiger partial charge in [0.1, 0.15) is 5.69 Å². The molecule has 1 aromatic rings. The first-order valence-electron chi connectivity index (χ1n) is 6.17. The summed E-state index contributed by atoms with van der Waals surface area (Å²) < 4.78 is 27.4. The van der Waals surface area contributed by atoms with Gasteiger partial charge in [0, 0.05) is 24.5 Å². The third kappa shape index (κ3) is 2.83. The number of anilines is 1. The lowest BCUT2D eigenvalue weighted by atomic mass is 9.96. The Bertz CT molecular complexity index is 479. The molecule has 1 aliphatic heterocycles. The van der Waals surface area contributed by atoms with E-state index in [1.807, 2.05) is 13.8 Å². The Kier molecular flexibility index (Phi) is 3.98. The molecule has 19 heavy (non-hydrogen) atoms. The van der Waals surface area contributed by atoms with Crippen LogP contribution in [0, 0.1) is 28.9 Å². The lowest BCUT2D eigenvalue weighted by molar-refractivity contribution is 0.463. The molecule has 2 atom stereocenters. The van der Waals surface area contributed by atoms with Crippen LogP contribution in [0.5, 0.6) is 0 Å². The van der Waals surface area contributed by atoms with Gasteiger partial charge in [0.2, 0.25) is 0 Å². The van der Waals surface area contributed by atoms with E-state index in [2.05, 4.69) is 16.2 Å². The summed E-state index contributed by atoms with van der Waals surface area (Å²) in [5.74, 6) is -1.26. The van der Waals surface area contributed by atoms with Gasteiger partial charge in [-0.1, -0.05) is 0 Å². The maximum atomic E-state index is 13.7. The van der Waals surface area contributed by atoms with Gasteiger partial charge < -0.3 is 5.32 Å². The minimum Gasteiger partial charge on any atom is -0.380 e. The van der Waals surface area contributed by atoms with Crippen molar-refractivity contribution in [1.82, 2.24) is 10.9 Å². The fourth-order valence-electron chi connectivity index (χ4n) is 2.29. The number of nitrogens with zero attached hydrogens (tertiary/aromatic N) is 1. The molecular weight excluding hydrogens is 250 g/mol. The highest BCUT2D eigenvalue weighted by Gasteiger charge is 2.29. The van der Waals surface area contributed by atoms with E-state index >= 15 is 0 Å². The van der Waals surface area contributed by atoms with Crippen LogP contribution in [-0.4, -0.2) is 18.6 Å². The molecule has 0 saturated carbocycles. The van der Waals surface area contributed by atoms with Gasteiger partial charge in [0.05, 0.1) is 11.6 Å². The summed E-state index contributed by atoms with van der Waals surface area (Å²) in [7, 11) is 0.